The number of hydrogen-bond donors (Lipinski definition) is 0. The van der Waals surface area contributed by atoms with Crippen LogP contribution in [0.3, 0.4) is 0 Å². The Bertz CT molecular complexity index is 1070. The number of hydrogen-bond acceptors (Lipinski definition) is 6. The first-order chi connectivity index (χ1) is 16.0. The zero-order valence-electron chi connectivity index (χ0n) is 19.0. The maximum atomic E-state index is 13.6. The molecule has 0 unspecified atom stereocenters. The molecule has 1 aliphatic rings. The number of aromatic nitrogens is 3. The number of amides is 1. The van der Waals surface area contributed by atoms with Gasteiger partial charge in [-0.2, -0.15) is 0 Å². The summed E-state index contributed by atoms with van der Waals surface area (Å²) >= 11 is 1.36. The molecule has 0 aliphatic carbocycles. The number of halogens is 1. The fourth-order valence-electron chi connectivity index (χ4n) is 3.64. The molecule has 0 radical (unpaired) electrons. The summed E-state index contributed by atoms with van der Waals surface area (Å²) in [6.07, 6.45) is 0. The summed E-state index contributed by atoms with van der Waals surface area (Å²) in [6.45, 7) is 4.24. The molecule has 2 heterocycles. The monoisotopic (exact) mass is 469 g/mol. The molecule has 2 atom stereocenters. The molecule has 0 N–H and O–H groups in total. The van der Waals surface area contributed by atoms with Crippen LogP contribution in [0.2, 0.25) is 0 Å². The topological polar surface area (TPSA) is 63.5 Å². The third-order valence-electron chi connectivity index (χ3n) is 5.76. The van der Waals surface area contributed by atoms with Gasteiger partial charge in [0.25, 0.3) is 0 Å². The second kappa shape index (κ2) is 10.5. The molecule has 7 nitrogen and oxygen atoms in total. The number of rotatable bonds is 7. The lowest BCUT2D eigenvalue weighted by molar-refractivity contribution is -0.134. The molecule has 9 heteroatoms. The van der Waals surface area contributed by atoms with E-state index in [1.165, 1.54) is 23.9 Å². The van der Waals surface area contributed by atoms with Gasteiger partial charge in [0, 0.05) is 18.8 Å². The quantitative estimate of drug-likeness (QED) is 0.492. The van der Waals surface area contributed by atoms with Crippen LogP contribution in [0.5, 0.6) is 0 Å². The average molecular weight is 470 g/mol. The van der Waals surface area contributed by atoms with Gasteiger partial charge in [0.1, 0.15) is 11.1 Å². The third-order valence-corrected chi connectivity index (χ3v) is 6.95. The van der Waals surface area contributed by atoms with E-state index in [1.54, 1.807) is 12.1 Å². The van der Waals surface area contributed by atoms with Crippen LogP contribution in [0.1, 0.15) is 29.6 Å². The molecule has 1 aromatic heterocycles. The predicted molar refractivity (Wildman–Crippen MR) is 126 cm³/mol. The molecular formula is C24H28FN5O2S. The summed E-state index contributed by atoms with van der Waals surface area (Å²) in [6, 6.07) is 15.9. The van der Waals surface area contributed by atoms with Gasteiger partial charge in [-0.25, -0.2) is 4.39 Å². The van der Waals surface area contributed by atoms with Crippen molar-refractivity contribution in [1.29, 1.82) is 0 Å². The summed E-state index contributed by atoms with van der Waals surface area (Å²) in [4.78, 5) is 17.5. The molecule has 4 rings (SSSR count). The Morgan fingerprint density at radius 3 is 2.36 bits per heavy atom. The predicted octanol–water partition coefficient (Wildman–Crippen LogP) is 3.72. The van der Waals surface area contributed by atoms with Crippen LogP contribution in [-0.4, -0.2) is 70.9 Å². The molecule has 0 bridgehead atoms. The molecule has 1 amide bonds. The molecule has 174 valence electrons. The molecular weight excluding hydrogens is 441 g/mol. The van der Waals surface area contributed by atoms with Crippen LogP contribution in [0.15, 0.2) is 59.8 Å². The Balaban J connectivity index is 1.75. The van der Waals surface area contributed by atoms with E-state index in [0.29, 0.717) is 31.5 Å². The minimum Gasteiger partial charge on any atom is -0.378 e. The fourth-order valence-corrected chi connectivity index (χ4v) is 4.78. The summed E-state index contributed by atoms with van der Waals surface area (Å²) in [7, 11) is 3.94. The van der Waals surface area contributed by atoms with E-state index in [2.05, 4.69) is 10.2 Å². The molecule has 1 aliphatic heterocycles. The molecule has 33 heavy (non-hydrogen) atoms. The van der Waals surface area contributed by atoms with E-state index in [-0.39, 0.29) is 17.8 Å². The summed E-state index contributed by atoms with van der Waals surface area (Å²) in [5, 5.41) is 9.03. The van der Waals surface area contributed by atoms with E-state index in [4.69, 9.17) is 4.74 Å². The van der Waals surface area contributed by atoms with Crippen molar-refractivity contribution in [3.8, 4) is 5.69 Å². The van der Waals surface area contributed by atoms with E-state index in [9.17, 15) is 9.18 Å². The van der Waals surface area contributed by atoms with Crippen LogP contribution in [0.25, 0.3) is 5.69 Å². The van der Waals surface area contributed by atoms with E-state index in [0.717, 1.165) is 17.1 Å². The largest absolute Gasteiger partial charge is 0.378 e. The van der Waals surface area contributed by atoms with Crippen LogP contribution >= 0.6 is 11.8 Å². The summed E-state index contributed by atoms with van der Waals surface area (Å²) in [5.41, 5.74) is 1.65. The number of carbonyl (C=O) groups is 1. The first-order valence-electron chi connectivity index (χ1n) is 10.9. The van der Waals surface area contributed by atoms with Crippen LogP contribution in [0, 0.1) is 5.82 Å². The highest BCUT2D eigenvalue weighted by atomic mass is 32.2. The van der Waals surface area contributed by atoms with Crippen molar-refractivity contribution < 1.29 is 13.9 Å². The maximum absolute atomic E-state index is 13.6. The van der Waals surface area contributed by atoms with Gasteiger partial charge < -0.3 is 9.64 Å². The Labute approximate surface area is 197 Å². The van der Waals surface area contributed by atoms with Crippen molar-refractivity contribution in [3.63, 3.8) is 0 Å². The minimum atomic E-state index is -0.491. The SMILES string of the molecule is C[C@H](c1nnc(S[C@@H](C(=O)N2CCOCC2)c2ccccc2)n1-c1ccc(F)cc1)N(C)C. The molecule has 1 fully saturated rings. The molecule has 2 aromatic carbocycles. The van der Waals surface area contributed by atoms with E-state index in [1.807, 2.05) is 65.7 Å². The van der Waals surface area contributed by atoms with Crippen molar-refractivity contribution in [2.75, 3.05) is 40.4 Å². The second-order valence-corrected chi connectivity index (χ2v) is 9.21. The van der Waals surface area contributed by atoms with Gasteiger partial charge in [0.2, 0.25) is 5.91 Å². The van der Waals surface area contributed by atoms with Gasteiger partial charge >= 0.3 is 0 Å². The van der Waals surface area contributed by atoms with Crippen molar-refractivity contribution >= 4 is 17.7 Å². The van der Waals surface area contributed by atoms with Gasteiger partial charge in [-0.3, -0.25) is 14.3 Å². The van der Waals surface area contributed by atoms with Gasteiger partial charge in [-0.05, 0) is 50.8 Å². The van der Waals surface area contributed by atoms with Crippen LogP contribution in [0.4, 0.5) is 4.39 Å². The van der Waals surface area contributed by atoms with Gasteiger partial charge in [-0.1, -0.05) is 42.1 Å². The lowest BCUT2D eigenvalue weighted by Crippen LogP contribution is -2.42. The molecule has 3 aromatic rings. The highest BCUT2D eigenvalue weighted by molar-refractivity contribution is 8.00. The first kappa shape index (κ1) is 23.4. The van der Waals surface area contributed by atoms with Gasteiger partial charge in [0.15, 0.2) is 11.0 Å². The van der Waals surface area contributed by atoms with Crippen molar-refractivity contribution in [2.24, 2.45) is 0 Å². The third kappa shape index (κ3) is 5.26. The molecule has 0 saturated carbocycles. The number of benzene rings is 2. The Kier molecular flexibility index (Phi) is 7.42. The first-order valence-corrected chi connectivity index (χ1v) is 11.8. The van der Waals surface area contributed by atoms with Crippen molar-refractivity contribution in [3.05, 3.63) is 71.8 Å². The van der Waals surface area contributed by atoms with Crippen molar-refractivity contribution in [2.45, 2.75) is 23.4 Å². The van der Waals surface area contributed by atoms with Crippen molar-refractivity contribution in [1.82, 2.24) is 24.6 Å². The minimum absolute atomic E-state index is 0.0189. The van der Waals surface area contributed by atoms with Crippen LogP contribution in [-0.2, 0) is 9.53 Å². The highest BCUT2D eigenvalue weighted by Gasteiger charge is 2.31. The van der Waals surface area contributed by atoms with Gasteiger partial charge in [-0.15, -0.1) is 10.2 Å². The number of thioether (sulfide) groups is 1. The van der Waals surface area contributed by atoms with E-state index < -0.39 is 5.25 Å². The lowest BCUT2D eigenvalue weighted by atomic mass is 10.1. The fraction of sp³-hybridized carbons (Fsp3) is 0.375. The Morgan fingerprint density at radius 2 is 1.73 bits per heavy atom. The molecule has 0 spiro atoms. The zero-order valence-corrected chi connectivity index (χ0v) is 19.8. The molecule has 1 saturated heterocycles. The Hall–Kier alpha value is -2.75. The number of ether oxygens (including phenoxy) is 1. The Morgan fingerprint density at radius 1 is 1.06 bits per heavy atom. The second-order valence-electron chi connectivity index (χ2n) is 8.14. The zero-order chi connectivity index (χ0) is 23.4. The summed E-state index contributed by atoms with van der Waals surface area (Å²) in [5.74, 6) is 0.429. The number of nitrogens with zero attached hydrogens (tertiary/aromatic N) is 5. The lowest BCUT2D eigenvalue weighted by Gasteiger charge is -2.30. The summed E-state index contributed by atoms with van der Waals surface area (Å²) < 4.78 is 21.0. The highest BCUT2D eigenvalue weighted by Crippen LogP contribution is 2.38. The smallest absolute Gasteiger partial charge is 0.240 e. The number of carbonyl (C=O) groups excluding carboxylic acids is 1. The average Bonchev–Trinajstić information content (AvgIpc) is 3.26. The number of morpholine rings is 1. The standard InChI is InChI=1S/C24H28FN5O2S/c1-17(28(2)3)22-26-27-24(30(22)20-11-9-19(25)10-12-20)33-21(18-7-5-4-6-8-18)23(31)29-13-15-32-16-14-29/h4-12,17,21H,13-16H2,1-3H3/t17-,21-/m1/s1. The van der Waals surface area contributed by atoms with Gasteiger partial charge in [0.05, 0.1) is 19.3 Å². The maximum Gasteiger partial charge on any atom is 0.240 e. The van der Waals surface area contributed by atoms with Crippen LogP contribution < -0.4 is 0 Å². The normalized spacial score (nSPS) is 16.1. The van der Waals surface area contributed by atoms with E-state index >= 15 is 0 Å².